The summed E-state index contributed by atoms with van der Waals surface area (Å²) < 4.78 is 4.87. The van der Waals surface area contributed by atoms with E-state index in [0.29, 0.717) is 0 Å². The van der Waals surface area contributed by atoms with Crippen molar-refractivity contribution in [3.8, 4) is 0 Å². The predicted octanol–water partition coefficient (Wildman–Crippen LogP) is 5.49. The predicted molar refractivity (Wildman–Crippen MR) is 147 cm³/mol. The molecule has 3 unspecified atom stereocenters. The Morgan fingerprint density at radius 3 is 2.59 bits per heavy atom. The molecule has 32 heavy (non-hydrogen) atoms. The summed E-state index contributed by atoms with van der Waals surface area (Å²) in [6.07, 6.45) is 10.1. The molecule has 3 rings (SSSR count). The summed E-state index contributed by atoms with van der Waals surface area (Å²) >= 11 is -0.116. The van der Waals surface area contributed by atoms with Crippen LogP contribution in [0.1, 0.15) is 41.4 Å². The van der Waals surface area contributed by atoms with Crippen molar-refractivity contribution >= 4 is 36.9 Å². The number of aryl methyl sites for hydroxylation is 1. The van der Waals surface area contributed by atoms with Crippen LogP contribution in [0.25, 0.3) is 0 Å². The Hall–Kier alpha value is -1.52. The van der Waals surface area contributed by atoms with Crippen molar-refractivity contribution in [3.63, 3.8) is 0 Å². The molecule has 0 radical (unpaired) electrons. The fraction of sp³-hybridized carbons (Fsp3) is 0.400. The zero-order chi connectivity index (χ0) is 23.6. The maximum absolute atomic E-state index is 10.5. The fourth-order valence-corrected chi connectivity index (χ4v) is 9.78. The van der Waals surface area contributed by atoms with Crippen molar-refractivity contribution in [2.45, 2.75) is 39.1 Å². The molecule has 3 atom stereocenters. The van der Waals surface area contributed by atoms with E-state index in [2.05, 4.69) is 86.2 Å². The summed E-state index contributed by atoms with van der Waals surface area (Å²) in [5.74, 6) is 0. The second-order valence-corrected chi connectivity index (χ2v) is 14.4. The van der Waals surface area contributed by atoms with Crippen LogP contribution in [0.15, 0.2) is 65.1 Å². The number of nitrogens with zero attached hydrogens (tertiary/aromatic N) is 3. The third-order valence-corrected chi connectivity index (χ3v) is 12.1. The van der Waals surface area contributed by atoms with Crippen molar-refractivity contribution in [1.29, 1.82) is 0 Å². The third kappa shape index (κ3) is 5.34. The Balaban J connectivity index is 1.81. The molecule has 1 aromatic rings. The summed E-state index contributed by atoms with van der Waals surface area (Å²) in [7, 11) is 7.90. The van der Waals surface area contributed by atoms with Gasteiger partial charge >= 0.3 is 205 Å². The van der Waals surface area contributed by atoms with Crippen LogP contribution in [0.5, 0.6) is 0 Å². The van der Waals surface area contributed by atoms with Crippen LogP contribution in [-0.2, 0) is 0 Å². The van der Waals surface area contributed by atoms with Crippen LogP contribution in [0, 0.1) is 6.92 Å². The van der Waals surface area contributed by atoms with Gasteiger partial charge in [0, 0.05) is 0 Å². The summed E-state index contributed by atoms with van der Waals surface area (Å²) in [5, 5.41) is 14.1. The van der Waals surface area contributed by atoms with E-state index in [-0.39, 0.29) is 12.1 Å². The summed E-state index contributed by atoms with van der Waals surface area (Å²) in [6, 6.07) is 2.63. The van der Waals surface area contributed by atoms with E-state index < -0.39 is 26.0 Å². The number of rotatable bonds is 8. The van der Waals surface area contributed by atoms with Crippen molar-refractivity contribution in [3.05, 3.63) is 75.4 Å². The number of aliphatic hydroxyl groups is 1. The zero-order valence-electron chi connectivity index (χ0n) is 20.1. The quantitative estimate of drug-likeness (QED) is 0.189. The molecular formula is C25H35IN4OS. The summed E-state index contributed by atoms with van der Waals surface area (Å²) in [5.41, 5.74) is 3.47. The van der Waals surface area contributed by atoms with Gasteiger partial charge in [0.15, 0.2) is 0 Å². The molecule has 0 saturated carbocycles. The molecule has 0 aromatic carbocycles. The number of aliphatic hydroxyl groups excluding tert-OH is 1. The molecule has 2 aliphatic heterocycles. The Bertz CT molecular complexity index is 1020. The van der Waals surface area contributed by atoms with E-state index in [9.17, 15) is 5.11 Å². The standard InChI is InChI=1S/C25H35IN4OS/c1-9-11-18(15-29(5)6)19(10-2)26-12-13-27-21(17(26)4)23-22(28-23)20-14-16(3)24(32-20)25(31)30(7)8/h9-15,22-23,25,28,31H,4H2,1-3,5-8H3/b11-9+,18-15+,19-10-. The van der Waals surface area contributed by atoms with Crippen LogP contribution in [0.4, 0.5) is 0 Å². The molecule has 0 aliphatic carbocycles. The molecule has 3 heterocycles. The van der Waals surface area contributed by atoms with Crippen LogP contribution in [-0.4, -0.2) is 54.9 Å². The molecule has 1 aromatic heterocycles. The van der Waals surface area contributed by atoms with Crippen LogP contribution in [0.2, 0.25) is 0 Å². The molecule has 7 heteroatoms. The molecule has 0 bridgehead atoms. The summed E-state index contributed by atoms with van der Waals surface area (Å²) in [4.78, 5) is 10.9. The molecule has 2 N–H and O–H groups in total. The minimum absolute atomic E-state index is 0.191. The van der Waals surface area contributed by atoms with E-state index in [0.717, 1.165) is 16.2 Å². The number of allylic oxidation sites excluding steroid dienone is 5. The normalized spacial score (nSPS) is 23.8. The van der Waals surface area contributed by atoms with Crippen LogP contribution in [0.3, 0.4) is 0 Å². The molecule has 5 nitrogen and oxygen atoms in total. The second-order valence-electron chi connectivity index (χ2n) is 8.35. The number of thiophene rings is 1. The van der Waals surface area contributed by atoms with E-state index in [1.165, 1.54) is 17.6 Å². The Kier molecular flexibility index (Phi) is 8.32. The number of halogens is 1. The first kappa shape index (κ1) is 25.1. The number of nitrogens with one attached hydrogen (secondary N) is 1. The van der Waals surface area contributed by atoms with Crippen LogP contribution < -0.4 is 5.32 Å². The van der Waals surface area contributed by atoms with Gasteiger partial charge in [0.2, 0.25) is 0 Å². The van der Waals surface area contributed by atoms with E-state index >= 15 is 0 Å². The van der Waals surface area contributed by atoms with Gasteiger partial charge in [0.25, 0.3) is 0 Å². The van der Waals surface area contributed by atoms with Gasteiger partial charge in [0.1, 0.15) is 0 Å². The monoisotopic (exact) mass is 566 g/mol. The van der Waals surface area contributed by atoms with E-state index in [4.69, 9.17) is 4.99 Å². The fourth-order valence-electron chi connectivity index (χ4n) is 3.69. The molecule has 2 aliphatic rings. The minimum atomic E-state index is -1.80. The van der Waals surface area contributed by atoms with Crippen LogP contribution >= 0.6 is 31.2 Å². The van der Waals surface area contributed by atoms with Gasteiger partial charge < -0.3 is 0 Å². The Morgan fingerprint density at radius 1 is 1.28 bits per heavy atom. The summed E-state index contributed by atoms with van der Waals surface area (Å²) in [6.45, 7) is 10.8. The zero-order valence-corrected chi connectivity index (χ0v) is 23.0. The Labute approximate surface area is 204 Å². The number of aliphatic imine (C=N–C) groups is 1. The van der Waals surface area contributed by atoms with Gasteiger partial charge in [0.05, 0.1) is 0 Å². The second kappa shape index (κ2) is 10.6. The maximum atomic E-state index is 10.5. The first-order valence-corrected chi connectivity index (χ1v) is 14.9. The first-order valence-electron chi connectivity index (χ1n) is 10.7. The van der Waals surface area contributed by atoms with Gasteiger partial charge in [-0.15, -0.1) is 0 Å². The topological polar surface area (TPSA) is 61.0 Å². The van der Waals surface area contributed by atoms with Gasteiger partial charge in [-0.25, -0.2) is 0 Å². The van der Waals surface area contributed by atoms with Gasteiger partial charge in [-0.3, -0.25) is 0 Å². The molecule has 0 amide bonds. The Morgan fingerprint density at radius 2 is 2.00 bits per heavy atom. The molecular weight excluding hydrogens is 531 g/mol. The van der Waals surface area contributed by atoms with Gasteiger partial charge in [-0.05, 0) is 0 Å². The molecule has 0 spiro atoms. The van der Waals surface area contributed by atoms with Gasteiger partial charge in [-0.1, -0.05) is 0 Å². The molecule has 174 valence electrons. The van der Waals surface area contributed by atoms with Crippen molar-refractivity contribution in [1.82, 2.24) is 15.1 Å². The molecule has 1 fully saturated rings. The first-order chi connectivity index (χ1) is 15.2. The SMILES string of the molecule is C=C1C(C2NC2c2cc(C)c(C(O)N(C)C)s2)=NC=CI1C(=C\C)/C(/C=C/C)=C/N(C)C. The molecule has 1 saturated heterocycles. The number of hydrogen-bond donors (Lipinski definition) is 2. The average molecular weight is 567 g/mol. The van der Waals surface area contributed by atoms with Crippen molar-refractivity contribution in [2.75, 3.05) is 28.2 Å². The third-order valence-electron chi connectivity index (χ3n) is 5.30. The average Bonchev–Trinajstić information content (AvgIpc) is 3.43. The van der Waals surface area contributed by atoms with E-state index in [1.807, 2.05) is 25.2 Å². The van der Waals surface area contributed by atoms with Crippen molar-refractivity contribution < 1.29 is 5.11 Å². The van der Waals surface area contributed by atoms with Gasteiger partial charge in [-0.2, -0.15) is 0 Å². The van der Waals surface area contributed by atoms with E-state index in [1.54, 1.807) is 11.3 Å². The number of hydrogen-bond acceptors (Lipinski definition) is 6. The van der Waals surface area contributed by atoms with Crippen molar-refractivity contribution in [2.24, 2.45) is 4.99 Å².